The second-order valence-electron chi connectivity index (χ2n) is 10.6. The van der Waals surface area contributed by atoms with Gasteiger partial charge in [-0.2, -0.15) is 10.5 Å². The molecule has 0 saturated carbocycles. The van der Waals surface area contributed by atoms with E-state index >= 15 is 0 Å². The van der Waals surface area contributed by atoms with Gasteiger partial charge in [-0.3, -0.25) is 0 Å². The maximum absolute atomic E-state index is 9.65. The number of fused-ring (bicyclic) bond motifs is 2. The highest BCUT2D eigenvalue weighted by atomic mass is 79.9. The molecule has 0 aliphatic heterocycles. The molecule has 0 radical (unpaired) electrons. The van der Waals surface area contributed by atoms with Crippen molar-refractivity contribution in [1.82, 2.24) is 0 Å². The Morgan fingerprint density at radius 2 is 0.812 bits per heavy atom. The second kappa shape index (κ2) is 15.5. The number of nitrogens with zero attached hydrogens (tertiary/aromatic N) is 2. The van der Waals surface area contributed by atoms with Crippen LogP contribution in [-0.2, 0) is 0 Å². The lowest BCUT2D eigenvalue weighted by Crippen LogP contribution is -1.97. The largest absolute Gasteiger partial charge is 0.494 e. The molecule has 0 N–H and O–H groups in total. The number of methoxy groups -OCH3 is 2. The third-order valence-corrected chi connectivity index (χ3v) is 13.4. The Labute approximate surface area is 329 Å². The Balaban J connectivity index is 0.000000188. The molecule has 0 fully saturated rings. The standard InChI is InChI=1S/2C19H12Br3NO/c2*1-10-16(20)15(18(22)19(24-2)17(10)21)14-12(9-23)8-7-11-5-3-4-6-13(11)14/h2*3-8H,1-2H3. The minimum atomic E-state index is 0.624. The van der Waals surface area contributed by atoms with Crippen LogP contribution in [0.3, 0.4) is 0 Å². The first-order chi connectivity index (χ1) is 23.0. The van der Waals surface area contributed by atoms with Crippen LogP contribution in [0.15, 0.2) is 99.6 Å². The first-order valence-electron chi connectivity index (χ1n) is 14.3. The zero-order valence-corrected chi connectivity index (χ0v) is 35.4. The maximum Gasteiger partial charge on any atom is 0.148 e. The summed E-state index contributed by atoms with van der Waals surface area (Å²) >= 11 is 21.9. The molecule has 0 amide bonds. The van der Waals surface area contributed by atoms with Crippen LogP contribution < -0.4 is 9.47 Å². The van der Waals surface area contributed by atoms with Gasteiger partial charge in [0, 0.05) is 31.2 Å². The van der Waals surface area contributed by atoms with Crippen LogP contribution >= 0.6 is 95.6 Å². The number of halogens is 6. The zero-order valence-electron chi connectivity index (χ0n) is 25.9. The minimum Gasteiger partial charge on any atom is -0.494 e. The van der Waals surface area contributed by atoms with Gasteiger partial charge in [-0.25, -0.2) is 0 Å². The lowest BCUT2D eigenvalue weighted by molar-refractivity contribution is 0.409. The zero-order chi connectivity index (χ0) is 34.9. The summed E-state index contributed by atoms with van der Waals surface area (Å²) in [6, 6.07) is 28.4. The Kier molecular flexibility index (Phi) is 11.8. The van der Waals surface area contributed by atoms with Crippen molar-refractivity contribution >= 4 is 117 Å². The van der Waals surface area contributed by atoms with E-state index in [9.17, 15) is 10.5 Å². The van der Waals surface area contributed by atoms with Crippen molar-refractivity contribution < 1.29 is 9.47 Å². The van der Waals surface area contributed by atoms with E-state index in [1.807, 2.05) is 86.6 Å². The first-order valence-corrected chi connectivity index (χ1v) is 19.0. The number of rotatable bonds is 4. The number of nitriles is 2. The third kappa shape index (κ3) is 6.49. The van der Waals surface area contributed by atoms with Gasteiger partial charge in [0.1, 0.15) is 11.5 Å². The molecule has 6 rings (SSSR count). The quantitative estimate of drug-likeness (QED) is 0.176. The fourth-order valence-electron chi connectivity index (χ4n) is 5.59. The number of ether oxygens (including phenoxy) is 2. The van der Waals surface area contributed by atoms with E-state index in [0.717, 1.165) is 81.8 Å². The summed E-state index contributed by atoms with van der Waals surface area (Å²) in [6.07, 6.45) is 0. The Hall–Kier alpha value is -2.70. The molecule has 0 aliphatic rings. The molecule has 0 unspecified atom stereocenters. The third-order valence-electron chi connectivity index (χ3n) is 8.00. The van der Waals surface area contributed by atoms with Gasteiger partial charge >= 0.3 is 0 Å². The fraction of sp³-hybridized carbons (Fsp3) is 0.105. The van der Waals surface area contributed by atoms with Crippen molar-refractivity contribution in [2.75, 3.05) is 14.2 Å². The van der Waals surface area contributed by atoms with Crippen LogP contribution in [0.1, 0.15) is 22.3 Å². The molecule has 0 bridgehead atoms. The molecule has 10 heteroatoms. The Morgan fingerprint density at radius 1 is 0.458 bits per heavy atom. The van der Waals surface area contributed by atoms with E-state index in [1.54, 1.807) is 14.2 Å². The predicted octanol–water partition coefficient (Wildman–Crippen LogP) is 14.0. The molecule has 0 aromatic heterocycles. The van der Waals surface area contributed by atoms with Crippen molar-refractivity contribution in [2.24, 2.45) is 0 Å². The summed E-state index contributed by atoms with van der Waals surface area (Å²) in [5.41, 5.74) is 6.90. The van der Waals surface area contributed by atoms with Gasteiger partial charge in [0.05, 0.1) is 55.4 Å². The number of benzene rings is 6. The van der Waals surface area contributed by atoms with Crippen LogP contribution in [0.4, 0.5) is 0 Å². The molecule has 0 aliphatic carbocycles. The molecular formula is C38H24Br6N2O2. The molecule has 0 spiro atoms. The number of hydrogen-bond donors (Lipinski definition) is 0. The SMILES string of the molecule is COc1c(Br)c(C)c(Br)c(-c2c(C#N)ccc3ccccc23)c1Br.COc1c(Br)c(C)c(Br)c(-c2c(C#N)ccc3ccccc23)c1Br. The van der Waals surface area contributed by atoms with Gasteiger partial charge in [-0.1, -0.05) is 60.7 Å². The lowest BCUT2D eigenvalue weighted by Gasteiger charge is -2.19. The molecule has 0 heterocycles. The van der Waals surface area contributed by atoms with Gasteiger partial charge in [-0.05, 0) is 154 Å². The van der Waals surface area contributed by atoms with Crippen molar-refractivity contribution in [3.63, 3.8) is 0 Å². The van der Waals surface area contributed by atoms with Crippen molar-refractivity contribution in [3.8, 4) is 45.9 Å². The molecule has 6 aromatic rings. The summed E-state index contributed by atoms with van der Waals surface area (Å²) < 4.78 is 16.4. The second-order valence-corrected chi connectivity index (χ2v) is 15.4. The molecular weight excluding hydrogens is 996 g/mol. The molecule has 6 aromatic carbocycles. The van der Waals surface area contributed by atoms with E-state index in [1.165, 1.54) is 0 Å². The monoisotopic (exact) mass is 1010 g/mol. The molecule has 4 nitrogen and oxygen atoms in total. The summed E-state index contributed by atoms with van der Waals surface area (Å²) in [6.45, 7) is 4.01. The summed E-state index contributed by atoms with van der Waals surface area (Å²) in [5, 5.41) is 23.5. The van der Waals surface area contributed by atoms with Crippen molar-refractivity contribution in [1.29, 1.82) is 10.5 Å². The van der Waals surface area contributed by atoms with Crippen LogP contribution in [0.25, 0.3) is 43.8 Å². The highest BCUT2D eigenvalue weighted by molar-refractivity contribution is 9.12. The molecule has 0 saturated heterocycles. The molecule has 240 valence electrons. The topological polar surface area (TPSA) is 66.0 Å². The first kappa shape index (κ1) is 36.6. The minimum absolute atomic E-state index is 0.624. The maximum atomic E-state index is 9.65. The summed E-state index contributed by atoms with van der Waals surface area (Å²) in [4.78, 5) is 0. The Bertz CT molecular complexity index is 2180. The molecule has 0 atom stereocenters. The average Bonchev–Trinajstić information content (AvgIpc) is 3.10. The normalized spacial score (nSPS) is 10.7. The smallest absolute Gasteiger partial charge is 0.148 e. The van der Waals surface area contributed by atoms with Gasteiger partial charge in [0.2, 0.25) is 0 Å². The van der Waals surface area contributed by atoms with E-state index < -0.39 is 0 Å². The van der Waals surface area contributed by atoms with Crippen molar-refractivity contribution in [3.05, 3.63) is 122 Å². The predicted molar refractivity (Wildman–Crippen MR) is 217 cm³/mol. The van der Waals surface area contributed by atoms with Gasteiger partial charge < -0.3 is 9.47 Å². The number of hydrogen-bond acceptors (Lipinski definition) is 4. The van der Waals surface area contributed by atoms with Gasteiger partial charge in [0.15, 0.2) is 0 Å². The van der Waals surface area contributed by atoms with Crippen LogP contribution in [0.2, 0.25) is 0 Å². The lowest BCUT2D eigenvalue weighted by atomic mass is 9.92. The highest BCUT2D eigenvalue weighted by Crippen LogP contribution is 2.51. The van der Waals surface area contributed by atoms with Crippen LogP contribution in [0, 0.1) is 36.5 Å². The van der Waals surface area contributed by atoms with E-state index in [4.69, 9.17) is 9.47 Å². The van der Waals surface area contributed by atoms with Gasteiger partial charge in [0.25, 0.3) is 0 Å². The van der Waals surface area contributed by atoms with E-state index in [2.05, 4.69) is 108 Å². The average molecular weight is 1020 g/mol. The fourth-order valence-corrected chi connectivity index (χ4v) is 11.0. The van der Waals surface area contributed by atoms with E-state index in [0.29, 0.717) is 22.6 Å². The van der Waals surface area contributed by atoms with Crippen molar-refractivity contribution in [2.45, 2.75) is 13.8 Å². The Morgan fingerprint density at radius 3 is 1.15 bits per heavy atom. The summed E-state index contributed by atoms with van der Waals surface area (Å²) in [7, 11) is 3.27. The van der Waals surface area contributed by atoms with Gasteiger partial charge in [-0.15, -0.1) is 0 Å². The highest BCUT2D eigenvalue weighted by Gasteiger charge is 2.25. The molecule has 48 heavy (non-hydrogen) atoms. The summed E-state index contributed by atoms with van der Waals surface area (Å²) in [5.74, 6) is 1.42. The van der Waals surface area contributed by atoms with E-state index in [-0.39, 0.29) is 0 Å². The van der Waals surface area contributed by atoms with Crippen LogP contribution in [0.5, 0.6) is 11.5 Å². The van der Waals surface area contributed by atoms with Crippen LogP contribution in [-0.4, -0.2) is 14.2 Å².